The lowest BCUT2D eigenvalue weighted by Crippen LogP contribution is -1.88. The summed E-state index contributed by atoms with van der Waals surface area (Å²) in [5, 5.41) is 20.8. The van der Waals surface area contributed by atoms with Crippen molar-refractivity contribution in [2.24, 2.45) is 0 Å². The molecule has 1 aromatic heterocycles. The fourth-order valence-corrected chi connectivity index (χ4v) is 3.05. The van der Waals surface area contributed by atoms with Gasteiger partial charge in [0.2, 0.25) is 0 Å². The number of furan rings is 1. The highest BCUT2D eigenvalue weighted by atomic mass is 32.2. The first-order valence-corrected chi connectivity index (χ1v) is 8.58. The Labute approximate surface area is 154 Å². The van der Waals surface area contributed by atoms with Gasteiger partial charge < -0.3 is 4.42 Å². The minimum absolute atomic E-state index is 0.0131. The van der Waals surface area contributed by atoms with Crippen LogP contribution in [0.4, 0.5) is 5.69 Å². The number of hydrogen-bond acceptors (Lipinski definition) is 5. The lowest BCUT2D eigenvalue weighted by Gasteiger charge is -1.99. The zero-order valence-electron chi connectivity index (χ0n) is 13.9. The Morgan fingerprint density at radius 2 is 1.81 bits per heavy atom. The van der Waals surface area contributed by atoms with Crippen molar-refractivity contribution in [3.05, 3.63) is 87.7 Å². The van der Waals surface area contributed by atoms with Crippen LogP contribution in [0.25, 0.3) is 11.6 Å². The first-order chi connectivity index (χ1) is 12.5. The molecule has 0 aliphatic heterocycles. The monoisotopic (exact) mass is 362 g/mol. The summed E-state index contributed by atoms with van der Waals surface area (Å²) in [6.45, 7) is 2.03. The molecule has 0 aliphatic rings. The van der Waals surface area contributed by atoms with Gasteiger partial charge in [0, 0.05) is 17.0 Å². The van der Waals surface area contributed by atoms with Crippen molar-refractivity contribution in [3.8, 4) is 6.07 Å². The SMILES string of the molecule is Cc1ccc(Sc2ccc(/C=C(\C#N)c3ccc([N+](=O)[O-])cc3)o2)cc1. The largest absolute Gasteiger partial charge is 0.450 e. The molecule has 2 aromatic carbocycles. The second-order valence-corrected chi connectivity index (χ2v) is 6.62. The topological polar surface area (TPSA) is 80.1 Å². The van der Waals surface area contributed by atoms with E-state index in [1.807, 2.05) is 37.3 Å². The average molecular weight is 362 g/mol. The highest BCUT2D eigenvalue weighted by molar-refractivity contribution is 7.99. The van der Waals surface area contributed by atoms with Crippen LogP contribution in [0.2, 0.25) is 0 Å². The number of rotatable bonds is 5. The molecule has 0 spiro atoms. The number of hydrogen-bond donors (Lipinski definition) is 0. The van der Waals surface area contributed by atoms with Crippen LogP contribution in [0, 0.1) is 28.4 Å². The van der Waals surface area contributed by atoms with Gasteiger partial charge in [-0.15, -0.1) is 0 Å². The van der Waals surface area contributed by atoms with E-state index in [9.17, 15) is 15.4 Å². The van der Waals surface area contributed by atoms with Gasteiger partial charge in [0.15, 0.2) is 5.09 Å². The van der Waals surface area contributed by atoms with Crippen molar-refractivity contribution in [1.29, 1.82) is 5.26 Å². The van der Waals surface area contributed by atoms with Crippen LogP contribution in [0.1, 0.15) is 16.9 Å². The molecule has 26 heavy (non-hydrogen) atoms. The number of aryl methyl sites for hydroxylation is 1. The quantitative estimate of drug-likeness (QED) is 0.330. The maximum Gasteiger partial charge on any atom is 0.269 e. The normalized spacial score (nSPS) is 11.2. The zero-order valence-corrected chi connectivity index (χ0v) is 14.7. The molecule has 0 aliphatic carbocycles. The molecule has 6 heteroatoms. The molecule has 3 aromatic rings. The lowest BCUT2D eigenvalue weighted by atomic mass is 10.1. The van der Waals surface area contributed by atoms with Gasteiger partial charge in [0.05, 0.1) is 16.6 Å². The molecule has 0 saturated carbocycles. The Balaban J connectivity index is 1.79. The van der Waals surface area contributed by atoms with Gasteiger partial charge in [-0.2, -0.15) is 5.26 Å². The van der Waals surface area contributed by atoms with Gasteiger partial charge in [-0.3, -0.25) is 10.1 Å². The van der Waals surface area contributed by atoms with E-state index < -0.39 is 4.92 Å². The van der Waals surface area contributed by atoms with Crippen LogP contribution in [-0.4, -0.2) is 4.92 Å². The van der Waals surface area contributed by atoms with Crippen molar-refractivity contribution >= 4 is 29.1 Å². The summed E-state index contributed by atoms with van der Waals surface area (Å²) in [6, 6.07) is 19.7. The number of benzene rings is 2. The van der Waals surface area contributed by atoms with E-state index in [1.54, 1.807) is 24.3 Å². The van der Waals surface area contributed by atoms with Crippen molar-refractivity contribution in [1.82, 2.24) is 0 Å². The maximum atomic E-state index is 10.7. The standard InChI is InChI=1S/C20H14N2O3S/c1-14-2-9-19(10-3-14)26-20-11-8-18(25-20)12-16(13-21)15-4-6-17(7-5-15)22(23)24/h2-12H,1H3/b16-12+. The first-order valence-electron chi connectivity index (χ1n) is 7.76. The molecule has 0 bridgehead atoms. The van der Waals surface area contributed by atoms with E-state index in [-0.39, 0.29) is 5.69 Å². The summed E-state index contributed by atoms with van der Waals surface area (Å²) in [4.78, 5) is 11.3. The number of non-ortho nitro benzene ring substituents is 1. The van der Waals surface area contributed by atoms with Gasteiger partial charge in [0.25, 0.3) is 5.69 Å². The van der Waals surface area contributed by atoms with Crippen molar-refractivity contribution in [2.75, 3.05) is 0 Å². The molecule has 5 nitrogen and oxygen atoms in total. The van der Waals surface area contributed by atoms with Gasteiger partial charge in [-0.1, -0.05) is 29.5 Å². The molecule has 0 atom stereocenters. The first kappa shape index (κ1) is 17.5. The zero-order chi connectivity index (χ0) is 18.5. The van der Waals surface area contributed by atoms with Gasteiger partial charge >= 0.3 is 0 Å². The molecule has 0 saturated heterocycles. The summed E-state index contributed by atoms with van der Waals surface area (Å²) in [6.07, 6.45) is 1.63. The van der Waals surface area contributed by atoms with Crippen LogP contribution < -0.4 is 0 Å². The summed E-state index contributed by atoms with van der Waals surface area (Å²) < 4.78 is 5.76. The minimum atomic E-state index is -0.472. The van der Waals surface area contributed by atoms with E-state index in [0.29, 0.717) is 16.9 Å². The molecule has 1 heterocycles. The number of nitrogens with zero attached hydrogens (tertiary/aromatic N) is 2. The number of nitro benzene ring substituents is 1. The van der Waals surface area contributed by atoms with Crippen LogP contribution >= 0.6 is 11.8 Å². The third kappa shape index (κ3) is 4.21. The highest BCUT2D eigenvalue weighted by Gasteiger charge is 2.09. The second kappa shape index (κ2) is 7.72. The highest BCUT2D eigenvalue weighted by Crippen LogP contribution is 2.30. The Bertz CT molecular complexity index is 997. The van der Waals surface area contributed by atoms with Gasteiger partial charge in [0.1, 0.15) is 5.76 Å². The number of nitriles is 1. The van der Waals surface area contributed by atoms with Crippen LogP contribution in [-0.2, 0) is 0 Å². The Morgan fingerprint density at radius 1 is 1.12 bits per heavy atom. The van der Waals surface area contributed by atoms with Crippen molar-refractivity contribution in [3.63, 3.8) is 0 Å². The van der Waals surface area contributed by atoms with Crippen LogP contribution in [0.3, 0.4) is 0 Å². The summed E-state index contributed by atoms with van der Waals surface area (Å²) in [7, 11) is 0. The summed E-state index contributed by atoms with van der Waals surface area (Å²) >= 11 is 1.50. The third-order valence-corrected chi connectivity index (χ3v) is 4.57. The fourth-order valence-electron chi connectivity index (χ4n) is 2.27. The minimum Gasteiger partial charge on any atom is -0.450 e. The molecule has 0 radical (unpaired) electrons. The lowest BCUT2D eigenvalue weighted by molar-refractivity contribution is -0.384. The Kier molecular flexibility index (Phi) is 5.20. The Hall–Kier alpha value is -3.30. The second-order valence-electron chi connectivity index (χ2n) is 5.55. The molecule has 0 unspecified atom stereocenters. The maximum absolute atomic E-state index is 10.7. The predicted octanol–water partition coefficient (Wildman–Crippen LogP) is 5.71. The van der Waals surface area contributed by atoms with E-state index in [2.05, 4.69) is 6.07 Å². The molecular weight excluding hydrogens is 348 g/mol. The molecule has 3 rings (SSSR count). The smallest absolute Gasteiger partial charge is 0.269 e. The fraction of sp³-hybridized carbons (Fsp3) is 0.0500. The predicted molar refractivity (Wildman–Crippen MR) is 101 cm³/mol. The van der Waals surface area contributed by atoms with Crippen LogP contribution in [0.15, 0.2) is 75.1 Å². The average Bonchev–Trinajstić information content (AvgIpc) is 3.09. The van der Waals surface area contributed by atoms with Gasteiger partial charge in [-0.05, 0) is 55.0 Å². The number of nitro groups is 1. The number of allylic oxidation sites excluding steroid dienone is 1. The van der Waals surface area contributed by atoms with Gasteiger partial charge in [-0.25, -0.2) is 0 Å². The third-order valence-electron chi connectivity index (χ3n) is 3.64. The van der Waals surface area contributed by atoms with Crippen molar-refractivity contribution in [2.45, 2.75) is 16.9 Å². The Morgan fingerprint density at radius 3 is 2.42 bits per heavy atom. The van der Waals surface area contributed by atoms with Crippen molar-refractivity contribution < 1.29 is 9.34 Å². The molecular formula is C20H14N2O3S. The summed E-state index contributed by atoms with van der Waals surface area (Å²) in [5.41, 5.74) is 2.16. The molecule has 0 N–H and O–H groups in total. The van der Waals surface area contributed by atoms with E-state index in [1.165, 1.54) is 29.5 Å². The van der Waals surface area contributed by atoms with E-state index in [4.69, 9.17) is 4.42 Å². The van der Waals surface area contributed by atoms with Crippen LogP contribution in [0.5, 0.6) is 0 Å². The molecule has 128 valence electrons. The van der Waals surface area contributed by atoms with E-state index >= 15 is 0 Å². The van der Waals surface area contributed by atoms with E-state index in [0.717, 1.165) is 9.99 Å². The molecule has 0 fully saturated rings. The molecule has 0 amide bonds. The summed E-state index contributed by atoms with van der Waals surface area (Å²) in [5.74, 6) is 0.550.